The molecule has 2 amide bonds. The van der Waals surface area contributed by atoms with Crippen molar-refractivity contribution in [2.24, 2.45) is 11.8 Å². The van der Waals surface area contributed by atoms with Crippen LogP contribution in [0.1, 0.15) is 79.7 Å². The van der Waals surface area contributed by atoms with Crippen molar-refractivity contribution in [2.45, 2.75) is 116 Å². The number of nitrogens with zero attached hydrogens (tertiary/aromatic N) is 1. The maximum absolute atomic E-state index is 14.2. The summed E-state index contributed by atoms with van der Waals surface area (Å²) in [5.41, 5.74) is 1.04. The molecule has 2 aliphatic rings. The number of rotatable bonds is 17. The molecule has 6 atom stereocenters. The second-order valence-electron chi connectivity index (χ2n) is 16.3. The zero-order valence-electron chi connectivity index (χ0n) is 33.5. The fourth-order valence-corrected chi connectivity index (χ4v) is 13.0. The number of hydrogen-bond acceptors (Lipinski definition) is 8. The number of imide groups is 1. The zero-order chi connectivity index (χ0) is 38.9. The molecule has 3 aromatic rings. The molecule has 0 spiro atoms. The van der Waals surface area contributed by atoms with Crippen LogP contribution in [0.25, 0.3) is 0 Å². The number of cyclic esters (lactones) is 1. The van der Waals surface area contributed by atoms with Crippen LogP contribution in [0.15, 0.2) is 91.0 Å². The minimum Gasteiger partial charge on any atom is -0.447 e. The average Bonchev–Trinajstić information content (AvgIpc) is 3.51. The molecule has 0 N–H and O–H groups in total. The van der Waals surface area contributed by atoms with E-state index < -0.39 is 32.2 Å². The van der Waals surface area contributed by atoms with Gasteiger partial charge in [0.25, 0.3) is 8.32 Å². The van der Waals surface area contributed by atoms with Crippen molar-refractivity contribution >= 4 is 30.7 Å². The van der Waals surface area contributed by atoms with Crippen LogP contribution in [0.4, 0.5) is 4.79 Å². The second-order valence-corrected chi connectivity index (χ2v) is 20.6. The van der Waals surface area contributed by atoms with Gasteiger partial charge in [-0.3, -0.25) is 4.79 Å². The maximum atomic E-state index is 14.2. The molecule has 10 heteroatoms. The predicted molar refractivity (Wildman–Crippen MR) is 213 cm³/mol. The van der Waals surface area contributed by atoms with Gasteiger partial charge >= 0.3 is 6.09 Å². The summed E-state index contributed by atoms with van der Waals surface area (Å²) in [6, 6.07) is 30.8. The first-order valence-electron chi connectivity index (χ1n) is 19.5. The minimum atomic E-state index is -2.75. The van der Waals surface area contributed by atoms with Crippen LogP contribution in [-0.2, 0) is 39.3 Å². The predicted octanol–water partition coefficient (Wildman–Crippen LogP) is 7.49. The lowest BCUT2D eigenvalue weighted by Gasteiger charge is -2.46. The van der Waals surface area contributed by atoms with E-state index in [2.05, 4.69) is 88.4 Å². The molecule has 0 aromatic heterocycles. The quantitative estimate of drug-likeness (QED) is 0.103. The number of carbonyl (C=O) groups is 2. The van der Waals surface area contributed by atoms with E-state index in [0.29, 0.717) is 25.9 Å². The van der Waals surface area contributed by atoms with E-state index in [-0.39, 0.29) is 48.5 Å². The van der Waals surface area contributed by atoms with Crippen molar-refractivity contribution in [3.63, 3.8) is 0 Å². The van der Waals surface area contributed by atoms with Gasteiger partial charge < -0.3 is 28.1 Å². The van der Waals surface area contributed by atoms with Gasteiger partial charge in [-0.05, 0) is 66.4 Å². The van der Waals surface area contributed by atoms with Crippen LogP contribution in [0, 0.1) is 11.8 Å². The molecular formula is C44H61NO8Si. The molecular weight excluding hydrogens is 699 g/mol. The SMILES string of the molecule is CC[C@H](C(=O)N1C(=O)OC[C@@H]1Cc1ccccc1)[C@H](OCOC)[C@H](C)CC[C@@H]1C[C@@H](CO[Si](c2ccccc2)(c2ccccc2)C(C)(C)C)OC(C)(C)O1. The Balaban J connectivity index is 1.29. The van der Waals surface area contributed by atoms with E-state index >= 15 is 0 Å². The summed E-state index contributed by atoms with van der Waals surface area (Å²) in [5, 5.41) is 2.32. The molecule has 2 aliphatic heterocycles. The first-order valence-corrected chi connectivity index (χ1v) is 21.4. The fraction of sp³-hybridized carbons (Fsp3) is 0.545. The molecule has 294 valence electrons. The van der Waals surface area contributed by atoms with Gasteiger partial charge in [0.05, 0.1) is 36.9 Å². The van der Waals surface area contributed by atoms with Gasteiger partial charge in [0, 0.05) is 13.5 Å². The first-order chi connectivity index (χ1) is 25.8. The van der Waals surface area contributed by atoms with Gasteiger partial charge in [0.2, 0.25) is 5.91 Å². The Hall–Kier alpha value is -3.38. The average molecular weight is 760 g/mol. The van der Waals surface area contributed by atoms with E-state index in [1.165, 1.54) is 15.3 Å². The van der Waals surface area contributed by atoms with Crippen molar-refractivity contribution in [1.29, 1.82) is 0 Å². The van der Waals surface area contributed by atoms with Crippen LogP contribution in [0.3, 0.4) is 0 Å². The lowest BCUT2D eigenvalue weighted by Crippen LogP contribution is -2.67. The highest BCUT2D eigenvalue weighted by Gasteiger charge is 2.51. The fourth-order valence-electron chi connectivity index (χ4n) is 8.41. The van der Waals surface area contributed by atoms with E-state index in [1.54, 1.807) is 7.11 Å². The second kappa shape index (κ2) is 18.5. The summed E-state index contributed by atoms with van der Waals surface area (Å²) in [4.78, 5) is 28.5. The number of ether oxygens (including phenoxy) is 5. The molecule has 3 aromatic carbocycles. The number of carbonyl (C=O) groups excluding carboxylic acids is 2. The first kappa shape index (κ1) is 41.8. The number of methoxy groups -OCH3 is 1. The molecule has 0 bridgehead atoms. The van der Waals surface area contributed by atoms with Crippen LogP contribution >= 0.6 is 0 Å². The highest BCUT2D eigenvalue weighted by molar-refractivity contribution is 6.99. The molecule has 2 saturated heterocycles. The van der Waals surface area contributed by atoms with Crippen molar-refractivity contribution in [2.75, 3.05) is 27.1 Å². The Labute approximate surface area is 323 Å². The van der Waals surface area contributed by atoms with Gasteiger partial charge in [-0.15, -0.1) is 0 Å². The summed E-state index contributed by atoms with van der Waals surface area (Å²) >= 11 is 0. The standard InChI is InChI=1S/C44H61NO8Si/c1-9-39(41(46)45-34(29-49-42(45)47)27-33-19-13-10-14-20-33)40(50-31-48-8)32(2)25-26-35-28-36(53-44(6,7)52-35)30-51-54(43(3,4)5,37-21-15-11-16-22-37)38-23-17-12-18-24-38/h10-24,32,34-36,39-40H,9,25-31H2,1-8H3/t32-,34+,35-,36+,39+,40-/m1/s1. The Bertz CT molecular complexity index is 1580. The summed E-state index contributed by atoms with van der Waals surface area (Å²) in [7, 11) is -1.18. The number of amides is 2. The summed E-state index contributed by atoms with van der Waals surface area (Å²) in [6.45, 7) is 15.5. The zero-order valence-corrected chi connectivity index (χ0v) is 34.5. The summed E-state index contributed by atoms with van der Waals surface area (Å²) in [5.74, 6) is -1.66. The van der Waals surface area contributed by atoms with Crippen LogP contribution in [-0.4, -0.2) is 82.5 Å². The third kappa shape index (κ3) is 9.88. The molecule has 0 saturated carbocycles. The third-order valence-corrected chi connectivity index (χ3v) is 15.9. The Kier molecular flexibility index (Phi) is 14.3. The molecule has 9 nitrogen and oxygen atoms in total. The maximum Gasteiger partial charge on any atom is 0.416 e. The minimum absolute atomic E-state index is 0.0402. The van der Waals surface area contributed by atoms with Crippen LogP contribution < -0.4 is 10.4 Å². The largest absolute Gasteiger partial charge is 0.447 e. The van der Waals surface area contributed by atoms with E-state index in [0.717, 1.165) is 18.4 Å². The summed E-state index contributed by atoms with van der Waals surface area (Å²) in [6.07, 6.45) is 1.85. The van der Waals surface area contributed by atoms with Crippen molar-refractivity contribution in [3.8, 4) is 0 Å². The van der Waals surface area contributed by atoms with Crippen molar-refractivity contribution < 1.29 is 37.7 Å². The van der Waals surface area contributed by atoms with Gasteiger partial charge in [-0.2, -0.15) is 0 Å². The van der Waals surface area contributed by atoms with Gasteiger partial charge in [-0.1, -0.05) is 126 Å². The van der Waals surface area contributed by atoms with Crippen molar-refractivity contribution in [3.05, 3.63) is 96.6 Å². The Morgan fingerprint density at radius 2 is 1.50 bits per heavy atom. The van der Waals surface area contributed by atoms with Gasteiger partial charge in [0.1, 0.15) is 13.4 Å². The van der Waals surface area contributed by atoms with E-state index in [4.69, 9.17) is 28.1 Å². The molecule has 0 aliphatic carbocycles. The highest BCUT2D eigenvalue weighted by atomic mass is 28.4. The lowest BCUT2D eigenvalue weighted by atomic mass is 9.85. The summed E-state index contributed by atoms with van der Waals surface area (Å²) < 4.78 is 37.3. The smallest absolute Gasteiger partial charge is 0.416 e. The van der Waals surface area contributed by atoms with Gasteiger partial charge in [0.15, 0.2) is 5.79 Å². The lowest BCUT2D eigenvalue weighted by molar-refractivity contribution is -0.304. The molecule has 0 unspecified atom stereocenters. The highest BCUT2D eigenvalue weighted by Crippen LogP contribution is 2.38. The van der Waals surface area contributed by atoms with E-state index in [9.17, 15) is 9.59 Å². The third-order valence-electron chi connectivity index (χ3n) is 10.9. The number of hydrogen-bond donors (Lipinski definition) is 0. The van der Waals surface area contributed by atoms with E-state index in [1.807, 2.05) is 51.1 Å². The molecule has 5 rings (SSSR count). The monoisotopic (exact) mass is 759 g/mol. The van der Waals surface area contributed by atoms with Crippen LogP contribution in [0.5, 0.6) is 0 Å². The van der Waals surface area contributed by atoms with Gasteiger partial charge in [-0.25, -0.2) is 9.69 Å². The molecule has 54 heavy (non-hydrogen) atoms. The number of benzene rings is 3. The van der Waals surface area contributed by atoms with Crippen molar-refractivity contribution in [1.82, 2.24) is 4.90 Å². The molecule has 0 radical (unpaired) electrons. The molecule has 2 heterocycles. The normalized spacial score (nSPS) is 22.0. The molecule has 2 fully saturated rings. The van der Waals surface area contributed by atoms with Crippen LogP contribution in [0.2, 0.25) is 5.04 Å². The Morgan fingerprint density at radius 3 is 2.06 bits per heavy atom. The Morgan fingerprint density at radius 1 is 0.926 bits per heavy atom. The topological polar surface area (TPSA) is 92.8 Å².